The zero-order valence-corrected chi connectivity index (χ0v) is 17.1. The molecule has 2 amide bonds. The van der Waals surface area contributed by atoms with E-state index in [0.717, 1.165) is 33.2 Å². The molecule has 4 heterocycles. The van der Waals surface area contributed by atoms with Gasteiger partial charge in [0.25, 0.3) is 0 Å². The lowest BCUT2D eigenvalue weighted by atomic mass is 10.0. The second kappa shape index (κ2) is 7.90. The van der Waals surface area contributed by atoms with Crippen molar-refractivity contribution < 1.29 is 9.59 Å². The Bertz CT molecular complexity index is 1280. The summed E-state index contributed by atoms with van der Waals surface area (Å²) in [5.74, 6) is 0.474. The fourth-order valence-electron chi connectivity index (χ4n) is 3.45. The normalized spacial score (nSPS) is 11.0. The predicted octanol–water partition coefficient (Wildman–Crippen LogP) is 3.99. The van der Waals surface area contributed by atoms with Crippen LogP contribution in [0, 0.1) is 6.92 Å². The lowest BCUT2D eigenvalue weighted by Gasteiger charge is -2.12. The minimum atomic E-state index is -0.300. The number of fused-ring (bicyclic) bond motifs is 3. The van der Waals surface area contributed by atoms with Gasteiger partial charge in [0.1, 0.15) is 17.2 Å². The van der Waals surface area contributed by atoms with E-state index in [1.165, 1.54) is 0 Å². The summed E-state index contributed by atoms with van der Waals surface area (Å²) in [7, 11) is 0. The maximum Gasteiger partial charge on any atom is 0.320 e. The van der Waals surface area contributed by atoms with Crippen molar-refractivity contribution in [2.45, 2.75) is 27.2 Å². The first-order valence-electron chi connectivity index (χ1n) is 9.82. The average molecular weight is 402 g/mol. The molecule has 0 saturated heterocycles. The maximum absolute atomic E-state index is 12.0. The lowest BCUT2D eigenvalue weighted by Crippen LogP contribution is -2.28. The van der Waals surface area contributed by atoms with Crippen LogP contribution in [-0.4, -0.2) is 37.7 Å². The zero-order chi connectivity index (χ0) is 21.3. The van der Waals surface area contributed by atoms with Crippen molar-refractivity contribution in [3.05, 3.63) is 54.2 Å². The van der Waals surface area contributed by atoms with Crippen molar-refractivity contribution >= 4 is 34.2 Å². The Morgan fingerprint density at radius 3 is 2.60 bits per heavy atom. The van der Waals surface area contributed by atoms with Crippen molar-refractivity contribution in [1.82, 2.24) is 24.7 Å². The van der Waals surface area contributed by atoms with E-state index in [2.05, 4.69) is 25.6 Å². The second-order valence-electron chi connectivity index (χ2n) is 6.95. The van der Waals surface area contributed by atoms with Crippen LogP contribution in [0.3, 0.4) is 0 Å². The van der Waals surface area contributed by atoms with Crippen molar-refractivity contribution in [2.24, 2.45) is 0 Å². The van der Waals surface area contributed by atoms with E-state index in [9.17, 15) is 9.59 Å². The number of carbonyl (C=O) groups excluding carboxylic acids is 2. The molecule has 2 N–H and O–H groups in total. The van der Waals surface area contributed by atoms with E-state index in [4.69, 9.17) is 0 Å². The Labute approximate surface area is 173 Å². The molecule has 8 heteroatoms. The third kappa shape index (κ3) is 3.47. The number of Topliss-reactive ketones (excluding diaryl/α,β-unsaturated/α-hetero) is 1. The zero-order valence-electron chi connectivity index (χ0n) is 17.1. The van der Waals surface area contributed by atoms with E-state index < -0.39 is 0 Å². The van der Waals surface area contributed by atoms with Gasteiger partial charge in [0.05, 0.1) is 5.52 Å². The number of nitrogens with zero attached hydrogens (tertiary/aromatic N) is 4. The summed E-state index contributed by atoms with van der Waals surface area (Å²) in [6, 6.07) is 5.34. The number of carbonyl (C=O) groups is 2. The molecule has 152 valence electrons. The maximum atomic E-state index is 12.0. The summed E-state index contributed by atoms with van der Waals surface area (Å²) in [4.78, 5) is 37.1. The SMILES string of the molecule is CCNC(=O)Nc1cc2c(cn1)cc(-c1cnc(C(=O)CC)cc1C)c1nccn12. The van der Waals surface area contributed by atoms with E-state index in [-0.39, 0.29) is 11.8 Å². The van der Waals surface area contributed by atoms with Crippen molar-refractivity contribution in [3.8, 4) is 11.1 Å². The smallest absolute Gasteiger partial charge is 0.320 e. The monoisotopic (exact) mass is 402 g/mol. The van der Waals surface area contributed by atoms with Gasteiger partial charge in [-0.1, -0.05) is 6.92 Å². The van der Waals surface area contributed by atoms with Crippen LogP contribution < -0.4 is 10.6 Å². The molecule has 0 bridgehead atoms. The summed E-state index contributed by atoms with van der Waals surface area (Å²) in [6.45, 7) is 6.17. The number of hydrogen-bond acceptors (Lipinski definition) is 5. The molecule has 30 heavy (non-hydrogen) atoms. The van der Waals surface area contributed by atoms with Gasteiger partial charge in [0.2, 0.25) is 0 Å². The molecule has 0 saturated carbocycles. The Hall–Kier alpha value is -3.81. The molecule has 4 aromatic heterocycles. The topological polar surface area (TPSA) is 101 Å². The Kier molecular flexibility index (Phi) is 5.14. The summed E-state index contributed by atoms with van der Waals surface area (Å²) >= 11 is 0. The second-order valence-corrected chi connectivity index (χ2v) is 6.95. The number of rotatable bonds is 5. The number of hydrogen-bond donors (Lipinski definition) is 2. The third-order valence-corrected chi connectivity index (χ3v) is 4.94. The van der Waals surface area contributed by atoms with Gasteiger partial charge in [-0.05, 0) is 31.5 Å². The Morgan fingerprint density at radius 2 is 1.87 bits per heavy atom. The fourth-order valence-corrected chi connectivity index (χ4v) is 3.45. The Balaban J connectivity index is 1.83. The highest BCUT2D eigenvalue weighted by molar-refractivity contribution is 5.97. The molecule has 0 unspecified atom stereocenters. The summed E-state index contributed by atoms with van der Waals surface area (Å²) in [6.07, 6.45) is 7.47. The van der Waals surface area contributed by atoms with Gasteiger partial charge in [0.15, 0.2) is 5.78 Å². The number of ketones is 1. The van der Waals surface area contributed by atoms with E-state index >= 15 is 0 Å². The molecular formula is C22H22N6O2. The van der Waals surface area contributed by atoms with E-state index in [1.54, 1.807) is 18.6 Å². The summed E-state index contributed by atoms with van der Waals surface area (Å²) < 4.78 is 1.96. The number of anilines is 1. The molecule has 0 aliphatic carbocycles. The number of imidazole rings is 1. The number of aryl methyl sites for hydroxylation is 1. The molecule has 4 aromatic rings. The minimum absolute atomic E-state index is 0.0189. The molecule has 0 atom stereocenters. The highest BCUT2D eigenvalue weighted by Crippen LogP contribution is 2.31. The van der Waals surface area contributed by atoms with Gasteiger partial charge in [-0.25, -0.2) is 14.8 Å². The highest BCUT2D eigenvalue weighted by atomic mass is 16.2. The Morgan fingerprint density at radius 1 is 1.03 bits per heavy atom. The fraction of sp³-hybridized carbons (Fsp3) is 0.227. The van der Waals surface area contributed by atoms with Crippen LogP contribution in [0.2, 0.25) is 0 Å². The van der Waals surface area contributed by atoms with Gasteiger partial charge < -0.3 is 5.32 Å². The molecule has 0 radical (unpaired) electrons. The number of pyridine rings is 3. The van der Waals surface area contributed by atoms with E-state index in [0.29, 0.717) is 24.5 Å². The highest BCUT2D eigenvalue weighted by Gasteiger charge is 2.15. The van der Waals surface area contributed by atoms with Gasteiger partial charge in [-0.2, -0.15) is 0 Å². The van der Waals surface area contributed by atoms with Crippen molar-refractivity contribution in [2.75, 3.05) is 11.9 Å². The van der Waals surface area contributed by atoms with Crippen LogP contribution in [0.5, 0.6) is 0 Å². The number of urea groups is 1. The van der Waals surface area contributed by atoms with Crippen LogP contribution in [0.25, 0.3) is 27.7 Å². The predicted molar refractivity (Wildman–Crippen MR) is 116 cm³/mol. The summed E-state index contributed by atoms with van der Waals surface area (Å²) in [5.41, 5.74) is 4.87. The quantitative estimate of drug-likeness (QED) is 0.492. The van der Waals surface area contributed by atoms with Gasteiger partial charge in [-0.3, -0.25) is 19.5 Å². The number of nitrogens with one attached hydrogen (secondary N) is 2. The van der Waals surface area contributed by atoms with Crippen LogP contribution >= 0.6 is 0 Å². The van der Waals surface area contributed by atoms with Crippen LogP contribution in [0.4, 0.5) is 10.6 Å². The first kappa shape index (κ1) is 19.5. The average Bonchev–Trinajstić information content (AvgIpc) is 3.23. The lowest BCUT2D eigenvalue weighted by molar-refractivity contribution is 0.0983. The van der Waals surface area contributed by atoms with Gasteiger partial charge in [0, 0.05) is 60.3 Å². The molecule has 0 spiro atoms. The van der Waals surface area contributed by atoms with Crippen molar-refractivity contribution in [3.63, 3.8) is 0 Å². The standard InChI is InChI=1S/C22H22N6O2/c1-4-19(29)17-8-13(3)16(12-25-17)15-9-14-11-26-20(27-22(30)23-5-2)10-18(14)28-7-6-24-21(15)28/h6-12H,4-5H2,1-3H3,(H2,23,26,27,30). The number of aromatic nitrogens is 4. The molecule has 0 aromatic carbocycles. The minimum Gasteiger partial charge on any atom is -0.338 e. The molecule has 8 nitrogen and oxygen atoms in total. The number of amides is 2. The van der Waals surface area contributed by atoms with Gasteiger partial charge in [-0.15, -0.1) is 0 Å². The first-order valence-corrected chi connectivity index (χ1v) is 9.82. The third-order valence-electron chi connectivity index (χ3n) is 4.94. The van der Waals surface area contributed by atoms with Crippen LogP contribution in [-0.2, 0) is 0 Å². The molecule has 0 fully saturated rings. The molecule has 4 rings (SSSR count). The van der Waals surface area contributed by atoms with Gasteiger partial charge >= 0.3 is 6.03 Å². The van der Waals surface area contributed by atoms with Crippen LogP contribution in [0.1, 0.15) is 36.3 Å². The molecule has 0 aliphatic rings. The van der Waals surface area contributed by atoms with Crippen LogP contribution in [0.15, 0.2) is 43.0 Å². The molecular weight excluding hydrogens is 380 g/mol. The van der Waals surface area contributed by atoms with Crippen molar-refractivity contribution in [1.29, 1.82) is 0 Å². The summed E-state index contributed by atoms with van der Waals surface area (Å²) in [5, 5.41) is 6.31. The largest absolute Gasteiger partial charge is 0.338 e. The van der Waals surface area contributed by atoms with E-state index in [1.807, 2.05) is 49.6 Å². The molecule has 0 aliphatic heterocycles. The first-order chi connectivity index (χ1) is 14.5.